The monoisotopic (exact) mass is 382 g/mol. The molecule has 4 nitrogen and oxygen atoms in total. The van der Waals surface area contributed by atoms with Gasteiger partial charge in [-0.25, -0.2) is 4.39 Å². The predicted octanol–water partition coefficient (Wildman–Crippen LogP) is 3.21. The maximum absolute atomic E-state index is 12.9. The number of nitrogens with one attached hydrogen (secondary N) is 1. The number of alkyl halides is 2. The van der Waals surface area contributed by atoms with Crippen molar-refractivity contribution in [2.45, 2.75) is 17.1 Å². The summed E-state index contributed by atoms with van der Waals surface area (Å²) in [6.45, 7) is 0.0130. The number of rotatable bonds is 8. The first kappa shape index (κ1) is 19.8. The van der Waals surface area contributed by atoms with E-state index < -0.39 is 23.5 Å². The second kappa shape index (κ2) is 9.28. The van der Waals surface area contributed by atoms with Gasteiger partial charge in [-0.05, 0) is 48.4 Å². The fraction of sp³-hybridized carbons (Fsp3) is 0.222. The third-order valence-electron chi connectivity index (χ3n) is 3.65. The molecule has 2 amide bonds. The van der Waals surface area contributed by atoms with Gasteiger partial charge in [-0.15, -0.1) is 0 Å². The molecular formula is C18H17F3N2O2S. The molecule has 0 fully saturated rings. The van der Waals surface area contributed by atoms with Crippen LogP contribution in [0.1, 0.15) is 15.9 Å². The van der Waals surface area contributed by atoms with E-state index in [0.717, 1.165) is 5.56 Å². The van der Waals surface area contributed by atoms with E-state index in [4.69, 9.17) is 5.73 Å². The summed E-state index contributed by atoms with van der Waals surface area (Å²) in [4.78, 5) is 24.1. The van der Waals surface area contributed by atoms with Crippen LogP contribution in [0.3, 0.4) is 0 Å². The first-order valence-electron chi connectivity index (χ1n) is 7.72. The van der Waals surface area contributed by atoms with Crippen molar-refractivity contribution in [3.8, 4) is 0 Å². The Bertz CT molecular complexity index is 752. The van der Waals surface area contributed by atoms with Gasteiger partial charge >= 0.3 is 0 Å². The minimum Gasteiger partial charge on any atom is -0.369 e. The Hall–Kier alpha value is -2.48. The lowest BCUT2D eigenvalue weighted by Gasteiger charge is -2.14. The topological polar surface area (TPSA) is 72.2 Å². The van der Waals surface area contributed by atoms with E-state index in [2.05, 4.69) is 5.32 Å². The number of amides is 2. The first-order valence-corrected chi connectivity index (χ1v) is 8.60. The summed E-state index contributed by atoms with van der Waals surface area (Å²) in [6, 6.07) is 11.4. The lowest BCUT2D eigenvalue weighted by Crippen LogP contribution is -2.37. The van der Waals surface area contributed by atoms with Crippen molar-refractivity contribution in [1.82, 2.24) is 5.32 Å². The van der Waals surface area contributed by atoms with Gasteiger partial charge in [0.05, 0.1) is 5.92 Å². The van der Waals surface area contributed by atoms with Crippen LogP contribution in [0.2, 0.25) is 0 Å². The van der Waals surface area contributed by atoms with Crippen LogP contribution in [0.5, 0.6) is 0 Å². The van der Waals surface area contributed by atoms with Gasteiger partial charge in [-0.2, -0.15) is 8.78 Å². The van der Waals surface area contributed by atoms with Crippen molar-refractivity contribution in [3.05, 3.63) is 65.5 Å². The molecule has 0 aliphatic heterocycles. The zero-order valence-corrected chi connectivity index (χ0v) is 14.4. The molecule has 0 spiro atoms. The number of thioether (sulfide) groups is 1. The maximum Gasteiger partial charge on any atom is 0.288 e. The van der Waals surface area contributed by atoms with Gasteiger partial charge in [0.15, 0.2) is 0 Å². The molecule has 0 aliphatic rings. The number of hydrogen-bond acceptors (Lipinski definition) is 3. The fourth-order valence-corrected chi connectivity index (χ4v) is 2.78. The molecule has 2 rings (SSSR count). The molecule has 0 radical (unpaired) electrons. The van der Waals surface area contributed by atoms with E-state index in [-0.39, 0.29) is 24.3 Å². The Morgan fingerprint density at radius 2 is 1.65 bits per heavy atom. The minimum absolute atomic E-state index is 0.0130. The molecule has 0 aromatic heterocycles. The molecule has 0 saturated heterocycles. The summed E-state index contributed by atoms with van der Waals surface area (Å²) in [5, 5.41) is 2.60. The molecule has 1 unspecified atom stereocenters. The third-order valence-corrected chi connectivity index (χ3v) is 4.37. The maximum atomic E-state index is 12.9. The van der Waals surface area contributed by atoms with Crippen molar-refractivity contribution in [2.24, 2.45) is 11.7 Å². The second-order valence-corrected chi connectivity index (χ2v) is 6.61. The van der Waals surface area contributed by atoms with Crippen LogP contribution >= 0.6 is 11.8 Å². The number of halogens is 3. The van der Waals surface area contributed by atoms with Crippen molar-refractivity contribution < 1.29 is 22.8 Å². The molecule has 26 heavy (non-hydrogen) atoms. The number of carbonyl (C=O) groups excluding carboxylic acids is 2. The van der Waals surface area contributed by atoms with Crippen molar-refractivity contribution in [2.75, 3.05) is 6.54 Å². The van der Waals surface area contributed by atoms with Gasteiger partial charge < -0.3 is 11.1 Å². The van der Waals surface area contributed by atoms with E-state index in [1.807, 2.05) is 0 Å². The summed E-state index contributed by atoms with van der Waals surface area (Å²) in [6.07, 6.45) is 0.264. The third kappa shape index (κ3) is 6.11. The van der Waals surface area contributed by atoms with Crippen LogP contribution in [0.15, 0.2) is 53.4 Å². The number of carbonyl (C=O) groups is 2. The molecular weight excluding hydrogens is 365 g/mol. The van der Waals surface area contributed by atoms with E-state index in [9.17, 15) is 22.8 Å². The number of primary amides is 1. The van der Waals surface area contributed by atoms with Crippen LogP contribution in [-0.4, -0.2) is 24.1 Å². The Morgan fingerprint density at radius 3 is 2.19 bits per heavy atom. The van der Waals surface area contributed by atoms with E-state index in [0.29, 0.717) is 16.7 Å². The molecule has 3 N–H and O–H groups in total. The number of nitrogens with two attached hydrogens (primary N) is 1. The first-order chi connectivity index (χ1) is 12.3. The fourth-order valence-electron chi connectivity index (χ4n) is 2.28. The SMILES string of the molecule is NC(=O)C(CNC(=O)c1ccc(SC(F)F)cc1)Cc1ccc(F)cc1. The molecule has 0 heterocycles. The lowest BCUT2D eigenvalue weighted by atomic mass is 9.98. The van der Waals surface area contributed by atoms with Gasteiger partial charge in [0.1, 0.15) is 5.82 Å². The highest BCUT2D eigenvalue weighted by molar-refractivity contribution is 7.99. The largest absolute Gasteiger partial charge is 0.369 e. The smallest absolute Gasteiger partial charge is 0.288 e. The Labute approximate surface area is 153 Å². The molecule has 0 aliphatic carbocycles. The quantitative estimate of drug-likeness (QED) is 0.689. The van der Waals surface area contributed by atoms with E-state index in [1.54, 1.807) is 12.1 Å². The van der Waals surface area contributed by atoms with Crippen molar-refractivity contribution in [3.63, 3.8) is 0 Å². The van der Waals surface area contributed by atoms with Gasteiger partial charge in [-0.3, -0.25) is 9.59 Å². The van der Waals surface area contributed by atoms with Crippen molar-refractivity contribution in [1.29, 1.82) is 0 Å². The van der Waals surface area contributed by atoms with Gasteiger partial charge in [0, 0.05) is 17.0 Å². The standard InChI is InChI=1S/C18H17F3N2O2S/c19-14-5-1-11(2-6-14)9-13(16(22)24)10-23-17(25)12-3-7-15(8-4-12)26-18(20)21/h1-8,13,18H,9-10H2,(H2,22,24)(H,23,25). The summed E-state index contributed by atoms with van der Waals surface area (Å²) < 4.78 is 37.5. The molecule has 138 valence electrons. The lowest BCUT2D eigenvalue weighted by molar-refractivity contribution is -0.121. The normalized spacial score (nSPS) is 12.0. The Balaban J connectivity index is 1.94. The second-order valence-electron chi connectivity index (χ2n) is 5.54. The number of hydrogen-bond donors (Lipinski definition) is 2. The molecule has 0 saturated carbocycles. The van der Waals surface area contributed by atoms with Gasteiger partial charge in [-0.1, -0.05) is 23.9 Å². The van der Waals surface area contributed by atoms with Crippen LogP contribution in [0, 0.1) is 11.7 Å². The summed E-state index contributed by atoms with van der Waals surface area (Å²) in [7, 11) is 0. The average molecular weight is 382 g/mol. The Kier molecular flexibility index (Phi) is 7.08. The highest BCUT2D eigenvalue weighted by Crippen LogP contribution is 2.25. The van der Waals surface area contributed by atoms with E-state index in [1.165, 1.54) is 36.4 Å². The van der Waals surface area contributed by atoms with Crippen LogP contribution in [-0.2, 0) is 11.2 Å². The summed E-state index contributed by atoms with van der Waals surface area (Å²) in [5.41, 5.74) is 6.37. The molecule has 2 aromatic carbocycles. The molecule has 2 aromatic rings. The van der Waals surface area contributed by atoms with Crippen LogP contribution in [0.4, 0.5) is 13.2 Å². The number of benzene rings is 2. The summed E-state index contributed by atoms with van der Waals surface area (Å²) in [5.74, 6) is -4.59. The minimum atomic E-state index is -2.53. The summed E-state index contributed by atoms with van der Waals surface area (Å²) >= 11 is 0.390. The molecule has 1 atom stereocenters. The van der Waals surface area contributed by atoms with Gasteiger partial charge in [0.2, 0.25) is 5.91 Å². The van der Waals surface area contributed by atoms with Crippen LogP contribution < -0.4 is 11.1 Å². The average Bonchev–Trinajstić information content (AvgIpc) is 2.59. The zero-order chi connectivity index (χ0) is 19.1. The predicted molar refractivity (Wildman–Crippen MR) is 93.4 cm³/mol. The van der Waals surface area contributed by atoms with Gasteiger partial charge in [0.25, 0.3) is 11.7 Å². The Morgan fingerprint density at radius 1 is 1.04 bits per heavy atom. The highest BCUT2D eigenvalue weighted by atomic mass is 32.2. The zero-order valence-electron chi connectivity index (χ0n) is 13.6. The van der Waals surface area contributed by atoms with E-state index >= 15 is 0 Å². The highest BCUT2D eigenvalue weighted by Gasteiger charge is 2.18. The molecule has 0 bridgehead atoms. The molecule has 8 heteroatoms. The van der Waals surface area contributed by atoms with Crippen molar-refractivity contribution >= 4 is 23.6 Å². The van der Waals surface area contributed by atoms with Crippen LogP contribution in [0.25, 0.3) is 0 Å².